The highest BCUT2D eigenvalue weighted by Crippen LogP contribution is 2.02. The summed E-state index contributed by atoms with van der Waals surface area (Å²) in [5.74, 6) is 5.24. The van der Waals surface area contributed by atoms with Gasteiger partial charge in [0, 0.05) is 6.04 Å². The van der Waals surface area contributed by atoms with Crippen LogP contribution in [0.4, 0.5) is 0 Å². The van der Waals surface area contributed by atoms with Crippen molar-refractivity contribution >= 4 is 0 Å². The molecule has 0 aromatic heterocycles. The van der Waals surface area contributed by atoms with Gasteiger partial charge in [-0.3, -0.25) is 11.3 Å². The maximum Gasteiger partial charge on any atom is 0.0387 e. The van der Waals surface area contributed by atoms with E-state index in [1.54, 1.807) is 0 Å². The number of hydrogen-bond donors (Lipinski definition) is 2. The fourth-order valence-corrected chi connectivity index (χ4v) is 0.883. The Bertz CT molecular complexity index is 81.3. The van der Waals surface area contributed by atoms with Gasteiger partial charge in [0.05, 0.1) is 0 Å². The molecule has 0 heterocycles. The standard InChI is InChI=1S/C8H18N2/c1-3-5-6-7-8(4-2)10-9/h4,8,10H,2-3,5-7,9H2,1H3. The van der Waals surface area contributed by atoms with Crippen molar-refractivity contribution in [1.82, 2.24) is 5.43 Å². The van der Waals surface area contributed by atoms with E-state index in [9.17, 15) is 0 Å². The Hall–Kier alpha value is -0.340. The molecule has 10 heavy (non-hydrogen) atoms. The summed E-state index contributed by atoms with van der Waals surface area (Å²) in [6.07, 6.45) is 6.74. The van der Waals surface area contributed by atoms with Crippen LogP contribution in [0.25, 0.3) is 0 Å². The lowest BCUT2D eigenvalue weighted by Crippen LogP contribution is -2.33. The number of hydrogen-bond acceptors (Lipinski definition) is 2. The molecule has 0 amide bonds. The van der Waals surface area contributed by atoms with Crippen LogP contribution in [0.2, 0.25) is 0 Å². The molecule has 2 nitrogen and oxygen atoms in total. The van der Waals surface area contributed by atoms with Crippen molar-refractivity contribution in [3.05, 3.63) is 12.7 Å². The second-order valence-electron chi connectivity index (χ2n) is 2.50. The first-order valence-corrected chi connectivity index (χ1v) is 3.93. The molecule has 0 aliphatic carbocycles. The summed E-state index contributed by atoms with van der Waals surface area (Å²) in [7, 11) is 0. The molecular weight excluding hydrogens is 124 g/mol. The fraction of sp³-hybridized carbons (Fsp3) is 0.750. The topological polar surface area (TPSA) is 38.0 Å². The number of nitrogens with two attached hydrogens (primary N) is 1. The van der Waals surface area contributed by atoms with E-state index in [4.69, 9.17) is 5.84 Å². The third kappa shape index (κ3) is 4.53. The van der Waals surface area contributed by atoms with E-state index < -0.39 is 0 Å². The third-order valence-electron chi connectivity index (χ3n) is 1.62. The minimum Gasteiger partial charge on any atom is -0.271 e. The molecule has 0 bridgehead atoms. The molecule has 2 heteroatoms. The van der Waals surface area contributed by atoms with Gasteiger partial charge in [0.2, 0.25) is 0 Å². The third-order valence-corrected chi connectivity index (χ3v) is 1.62. The van der Waals surface area contributed by atoms with Gasteiger partial charge in [-0.05, 0) is 6.42 Å². The smallest absolute Gasteiger partial charge is 0.0387 e. The van der Waals surface area contributed by atoms with Crippen molar-refractivity contribution in [2.24, 2.45) is 5.84 Å². The summed E-state index contributed by atoms with van der Waals surface area (Å²) >= 11 is 0. The van der Waals surface area contributed by atoms with Gasteiger partial charge >= 0.3 is 0 Å². The minimum absolute atomic E-state index is 0.298. The van der Waals surface area contributed by atoms with Gasteiger partial charge in [-0.1, -0.05) is 32.3 Å². The van der Waals surface area contributed by atoms with Gasteiger partial charge < -0.3 is 0 Å². The SMILES string of the molecule is C=CC(CCCCC)NN. The van der Waals surface area contributed by atoms with Crippen molar-refractivity contribution in [2.45, 2.75) is 38.6 Å². The average molecular weight is 142 g/mol. The zero-order valence-corrected chi connectivity index (χ0v) is 6.77. The summed E-state index contributed by atoms with van der Waals surface area (Å²) < 4.78 is 0. The summed E-state index contributed by atoms with van der Waals surface area (Å²) in [6.45, 7) is 5.86. The van der Waals surface area contributed by atoms with Crippen LogP contribution >= 0.6 is 0 Å². The molecule has 1 unspecified atom stereocenters. The van der Waals surface area contributed by atoms with Crippen molar-refractivity contribution < 1.29 is 0 Å². The lowest BCUT2D eigenvalue weighted by molar-refractivity contribution is 0.538. The van der Waals surface area contributed by atoms with E-state index >= 15 is 0 Å². The Balaban J connectivity index is 3.17. The van der Waals surface area contributed by atoms with Gasteiger partial charge in [0.1, 0.15) is 0 Å². The molecule has 60 valence electrons. The van der Waals surface area contributed by atoms with Crippen LogP contribution in [-0.4, -0.2) is 6.04 Å². The number of hydrazine groups is 1. The molecule has 0 fully saturated rings. The van der Waals surface area contributed by atoms with Crippen molar-refractivity contribution in [3.8, 4) is 0 Å². The van der Waals surface area contributed by atoms with E-state index in [2.05, 4.69) is 18.9 Å². The highest BCUT2D eigenvalue weighted by atomic mass is 15.2. The summed E-state index contributed by atoms with van der Waals surface area (Å²) in [5.41, 5.74) is 2.69. The number of nitrogens with one attached hydrogen (secondary N) is 1. The molecule has 0 aliphatic heterocycles. The largest absolute Gasteiger partial charge is 0.271 e. The van der Waals surface area contributed by atoms with Crippen molar-refractivity contribution in [1.29, 1.82) is 0 Å². The second-order valence-corrected chi connectivity index (χ2v) is 2.50. The molecule has 0 aromatic carbocycles. The van der Waals surface area contributed by atoms with Gasteiger partial charge in [0.25, 0.3) is 0 Å². The van der Waals surface area contributed by atoms with Gasteiger partial charge in [-0.15, -0.1) is 6.58 Å². The fourth-order valence-electron chi connectivity index (χ4n) is 0.883. The van der Waals surface area contributed by atoms with Gasteiger partial charge in [-0.2, -0.15) is 0 Å². The minimum atomic E-state index is 0.298. The van der Waals surface area contributed by atoms with E-state index in [1.807, 2.05) is 6.08 Å². The Morgan fingerprint density at radius 1 is 1.60 bits per heavy atom. The zero-order chi connectivity index (χ0) is 7.82. The predicted molar refractivity (Wildman–Crippen MR) is 45.5 cm³/mol. The van der Waals surface area contributed by atoms with Crippen LogP contribution < -0.4 is 11.3 Å². The molecule has 0 saturated heterocycles. The van der Waals surface area contributed by atoms with E-state index in [-0.39, 0.29) is 0 Å². The highest BCUT2D eigenvalue weighted by Gasteiger charge is 1.97. The highest BCUT2D eigenvalue weighted by molar-refractivity contribution is 4.83. The number of rotatable bonds is 6. The molecule has 3 N–H and O–H groups in total. The molecule has 0 radical (unpaired) electrons. The molecule has 1 atom stereocenters. The quantitative estimate of drug-likeness (QED) is 0.256. The molecular formula is C8H18N2. The monoisotopic (exact) mass is 142 g/mol. The van der Waals surface area contributed by atoms with E-state index in [1.165, 1.54) is 19.3 Å². The maximum absolute atomic E-state index is 5.24. The first-order valence-electron chi connectivity index (χ1n) is 3.93. The van der Waals surface area contributed by atoms with Crippen molar-refractivity contribution in [2.75, 3.05) is 0 Å². The second kappa shape index (κ2) is 6.78. The number of unbranched alkanes of at least 4 members (excludes halogenated alkanes) is 2. The normalized spacial score (nSPS) is 13.0. The van der Waals surface area contributed by atoms with Crippen LogP contribution in [0, 0.1) is 0 Å². The zero-order valence-electron chi connectivity index (χ0n) is 6.77. The Labute approximate surface area is 63.5 Å². The summed E-state index contributed by atoms with van der Waals surface area (Å²) in [5, 5.41) is 0. The van der Waals surface area contributed by atoms with Crippen molar-refractivity contribution in [3.63, 3.8) is 0 Å². The van der Waals surface area contributed by atoms with Crippen LogP contribution in [0.1, 0.15) is 32.6 Å². The Morgan fingerprint density at radius 2 is 2.30 bits per heavy atom. The van der Waals surface area contributed by atoms with Gasteiger partial charge in [0.15, 0.2) is 0 Å². The average Bonchev–Trinajstić information content (AvgIpc) is 1.99. The van der Waals surface area contributed by atoms with Crippen LogP contribution in [-0.2, 0) is 0 Å². The molecule has 0 rings (SSSR count). The van der Waals surface area contributed by atoms with Gasteiger partial charge in [-0.25, -0.2) is 0 Å². The predicted octanol–water partition coefficient (Wildman–Crippen LogP) is 1.58. The first-order chi connectivity index (χ1) is 4.85. The molecule has 0 spiro atoms. The van der Waals surface area contributed by atoms with E-state index in [0.717, 1.165) is 6.42 Å². The Kier molecular flexibility index (Phi) is 6.55. The van der Waals surface area contributed by atoms with Crippen LogP contribution in [0.3, 0.4) is 0 Å². The first kappa shape index (κ1) is 9.66. The molecule has 0 aromatic rings. The summed E-state index contributed by atoms with van der Waals surface area (Å²) in [4.78, 5) is 0. The van der Waals surface area contributed by atoms with Crippen LogP contribution in [0.5, 0.6) is 0 Å². The Morgan fingerprint density at radius 3 is 2.70 bits per heavy atom. The van der Waals surface area contributed by atoms with Crippen LogP contribution in [0.15, 0.2) is 12.7 Å². The van der Waals surface area contributed by atoms with E-state index in [0.29, 0.717) is 6.04 Å². The molecule has 0 saturated carbocycles. The maximum atomic E-state index is 5.24. The lowest BCUT2D eigenvalue weighted by Gasteiger charge is -2.08. The summed E-state index contributed by atoms with van der Waals surface area (Å²) in [6, 6.07) is 0.298. The lowest BCUT2D eigenvalue weighted by atomic mass is 10.1. The molecule has 0 aliphatic rings.